The number of hydrogen-bond donors (Lipinski definition) is 0. The number of benzene rings is 2. The Morgan fingerprint density at radius 2 is 1.00 bits per heavy atom. The molecule has 0 aliphatic carbocycles. The van der Waals surface area contributed by atoms with Gasteiger partial charge in [-0.05, 0) is 11.1 Å². The van der Waals surface area contributed by atoms with Crippen molar-refractivity contribution >= 4 is 0 Å². The van der Waals surface area contributed by atoms with Gasteiger partial charge in [0.25, 0.3) is 0 Å². The minimum absolute atomic E-state index is 0.392. The lowest BCUT2D eigenvalue weighted by Crippen LogP contribution is -2.54. The Labute approximate surface area is 169 Å². The van der Waals surface area contributed by atoms with Gasteiger partial charge in [0, 0.05) is 0 Å². The van der Waals surface area contributed by atoms with Gasteiger partial charge in [0.05, 0.1) is 26.4 Å². The van der Waals surface area contributed by atoms with Crippen LogP contribution in [0.1, 0.15) is 11.1 Å². The minimum atomic E-state index is -5.52. The fourth-order valence-electron chi connectivity index (χ4n) is 3.02. The van der Waals surface area contributed by atoms with E-state index in [0.29, 0.717) is 12.2 Å². The first-order valence-corrected chi connectivity index (χ1v) is 9.21. The minimum Gasteiger partial charge on any atom is -0.376 e. The van der Waals surface area contributed by atoms with Crippen LogP contribution in [-0.4, -0.2) is 51.0 Å². The Morgan fingerprint density at radius 3 is 1.27 bits per heavy atom. The molecule has 2 aliphatic heterocycles. The first kappa shape index (κ1) is 22.6. The maximum atomic E-state index is 13.5. The second kappa shape index (κ2) is 8.95. The lowest BCUT2D eigenvalue weighted by molar-refractivity contribution is -0.288. The summed E-state index contributed by atoms with van der Waals surface area (Å²) in [6, 6.07) is 10.7. The summed E-state index contributed by atoms with van der Waals surface area (Å²) < 4.78 is 96.3. The van der Waals surface area contributed by atoms with Crippen molar-refractivity contribution in [2.45, 2.75) is 30.0 Å². The highest BCUT2D eigenvalue weighted by molar-refractivity contribution is 5.43. The van der Waals surface area contributed by atoms with Crippen molar-refractivity contribution in [1.29, 1.82) is 0 Å². The third-order valence-corrected chi connectivity index (χ3v) is 4.68. The Bertz CT molecular complexity index is 716. The maximum Gasteiger partial charge on any atom is 0.411 e. The van der Waals surface area contributed by atoms with Crippen molar-refractivity contribution in [3.63, 3.8) is 0 Å². The Balaban J connectivity index is 0.000000234. The van der Waals surface area contributed by atoms with Gasteiger partial charge < -0.3 is 14.2 Å². The SMILES string of the molecule is C(OCC1CO1)C1CO1.FC(F)(F)C(c1ccccc1)(c1ccccc1)C(F)(F)F. The maximum absolute atomic E-state index is 13.5. The molecule has 4 rings (SSSR count). The lowest BCUT2D eigenvalue weighted by Gasteiger charge is -2.38. The monoisotopic (exact) mass is 434 g/mol. The summed E-state index contributed by atoms with van der Waals surface area (Å²) in [4.78, 5) is 0. The fraction of sp³-hybridized carbons (Fsp3) is 0.429. The summed E-state index contributed by atoms with van der Waals surface area (Å²) in [6.07, 6.45) is -10.3. The number of ether oxygens (including phenoxy) is 3. The van der Waals surface area contributed by atoms with E-state index in [-0.39, 0.29) is 0 Å². The predicted octanol–water partition coefficient (Wildman–Crippen LogP) is 4.90. The van der Waals surface area contributed by atoms with Gasteiger partial charge >= 0.3 is 12.4 Å². The van der Waals surface area contributed by atoms with Gasteiger partial charge in [-0.1, -0.05) is 60.7 Å². The molecule has 2 aliphatic rings. The van der Waals surface area contributed by atoms with Gasteiger partial charge in [0.2, 0.25) is 5.41 Å². The van der Waals surface area contributed by atoms with Gasteiger partial charge in [0.15, 0.2) is 0 Å². The molecular weight excluding hydrogens is 414 g/mol. The molecule has 2 heterocycles. The molecule has 0 aromatic heterocycles. The molecule has 9 heteroatoms. The summed E-state index contributed by atoms with van der Waals surface area (Å²) in [5, 5.41) is 0. The summed E-state index contributed by atoms with van der Waals surface area (Å²) in [6.45, 7) is 3.26. The van der Waals surface area contributed by atoms with Crippen LogP contribution in [0.2, 0.25) is 0 Å². The van der Waals surface area contributed by atoms with Crippen molar-refractivity contribution in [1.82, 2.24) is 0 Å². The van der Waals surface area contributed by atoms with E-state index >= 15 is 0 Å². The number of rotatable bonds is 6. The second-order valence-electron chi connectivity index (χ2n) is 6.93. The zero-order chi connectivity index (χ0) is 21.8. The van der Waals surface area contributed by atoms with E-state index in [0.717, 1.165) is 75.0 Å². The molecule has 164 valence electrons. The molecule has 0 N–H and O–H groups in total. The van der Waals surface area contributed by atoms with Crippen LogP contribution in [0.5, 0.6) is 0 Å². The zero-order valence-corrected chi connectivity index (χ0v) is 15.7. The van der Waals surface area contributed by atoms with Gasteiger partial charge in [0.1, 0.15) is 12.2 Å². The van der Waals surface area contributed by atoms with Gasteiger partial charge in [-0.3, -0.25) is 0 Å². The number of epoxide rings is 2. The molecule has 2 unspecified atom stereocenters. The van der Waals surface area contributed by atoms with E-state index in [1.54, 1.807) is 0 Å². The van der Waals surface area contributed by atoms with Crippen LogP contribution >= 0.6 is 0 Å². The van der Waals surface area contributed by atoms with Crippen LogP contribution in [0.4, 0.5) is 26.3 Å². The molecule has 2 atom stereocenters. The zero-order valence-electron chi connectivity index (χ0n) is 15.7. The van der Waals surface area contributed by atoms with E-state index in [1.807, 2.05) is 0 Å². The van der Waals surface area contributed by atoms with Gasteiger partial charge in [-0.15, -0.1) is 0 Å². The van der Waals surface area contributed by atoms with E-state index < -0.39 is 28.9 Å². The predicted molar refractivity (Wildman–Crippen MR) is 96.1 cm³/mol. The first-order valence-electron chi connectivity index (χ1n) is 9.21. The van der Waals surface area contributed by atoms with Crippen molar-refractivity contribution in [3.05, 3.63) is 71.8 Å². The molecule has 0 bridgehead atoms. The third-order valence-electron chi connectivity index (χ3n) is 4.68. The normalized spacial score (nSPS) is 20.9. The summed E-state index contributed by atoms with van der Waals surface area (Å²) in [5.41, 5.74) is -5.74. The fourth-order valence-corrected chi connectivity index (χ4v) is 3.02. The molecule has 0 amide bonds. The average Bonchev–Trinajstić information content (AvgIpc) is 3.58. The number of hydrogen-bond acceptors (Lipinski definition) is 3. The molecule has 0 saturated carbocycles. The van der Waals surface area contributed by atoms with Crippen LogP contribution in [0.25, 0.3) is 0 Å². The first-order chi connectivity index (χ1) is 14.2. The smallest absolute Gasteiger partial charge is 0.376 e. The molecule has 30 heavy (non-hydrogen) atoms. The topological polar surface area (TPSA) is 34.3 Å². The Kier molecular flexibility index (Phi) is 6.74. The van der Waals surface area contributed by atoms with Crippen LogP contribution < -0.4 is 0 Å². The molecule has 0 spiro atoms. The van der Waals surface area contributed by atoms with Gasteiger partial charge in [-0.25, -0.2) is 0 Å². The molecular formula is C21H20F6O3. The molecule has 0 radical (unpaired) electrons. The number of halogens is 6. The molecule has 2 fully saturated rings. The van der Waals surface area contributed by atoms with Crippen molar-refractivity contribution in [3.8, 4) is 0 Å². The van der Waals surface area contributed by atoms with Crippen molar-refractivity contribution in [2.24, 2.45) is 0 Å². The van der Waals surface area contributed by atoms with E-state index in [9.17, 15) is 26.3 Å². The van der Waals surface area contributed by atoms with Crippen LogP contribution in [0.3, 0.4) is 0 Å². The molecule has 3 nitrogen and oxygen atoms in total. The third kappa shape index (κ3) is 5.14. The van der Waals surface area contributed by atoms with Gasteiger partial charge in [-0.2, -0.15) is 26.3 Å². The Morgan fingerprint density at radius 1 is 0.667 bits per heavy atom. The standard InChI is InChI=1S/C15H10F6.C6H10O3/c16-14(17,18)13(15(19,20)21,11-7-3-1-4-8-11)12-9-5-2-6-10-12;1(5-3-8-5)7-2-6-4-9-6/h1-10H;5-6H,1-4H2. The summed E-state index contributed by atoms with van der Waals surface area (Å²) in [5.74, 6) is 0. The Hall–Kier alpha value is -2.10. The lowest BCUT2D eigenvalue weighted by atomic mass is 9.73. The summed E-state index contributed by atoms with van der Waals surface area (Å²) >= 11 is 0. The highest BCUT2D eigenvalue weighted by atomic mass is 19.4. The second-order valence-corrected chi connectivity index (χ2v) is 6.93. The molecule has 2 aromatic rings. The highest BCUT2D eigenvalue weighted by Crippen LogP contribution is 2.55. The quantitative estimate of drug-likeness (QED) is 0.479. The molecule has 2 aromatic carbocycles. The van der Waals surface area contributed by atoms with E-state index in [1.165, 1.54) is 12.1 Å². The van der Waals surface area contributed by atoms with Crippen molar-refractivity contribution in [2.75, 3.05) is 26.4 Å². The van der Waals surface area contributed by atoms with E-state index in [4.69, 9.17) is 14.2 Å². The summed E-state index contributed by atoms with van der Waals surface area (Å²) in [7, 11) is 0. The average molecular weight is 434 g/mol. The van der Waals surface area contributed by atoms with Crippen LogP contribution in [0.15, 0.2) is 60.7 Å². The van der Waals surface area contributed by atoms with Crippen LogP contribution in [0, 0.1) is 0 Å². The van der Waals surface area contributed by atoms with E-state index in [2.05, 4.69) is 0 Å². The van der Waals surface area contributed by atoms with Crippen molar-refractivity contribution < 1.29 is 40.6 Å². The number of alkyl halides is 6. The largest absolute Gasteiger partial charge is 0.411 e. The van der Waals surface area contributed by atoms with Crippen LogP contribution in [-0.2, 0) is 19.6 Å². The highest BCUT2D eigenvalue weighted by Gasteiger charge is 2.72. The molecule has 2 saturated heterocycles.